The van der Waals surface area contributed by atoms with E-state index in [1.165, 1.54) is 20.2 Å². The molecule has 1 aliphatic rings. The lowest BCUT2D eigenvalue weighted by atomic mass is 9.68. The quantitative estimate of drug-likeness (QED) is 0.460. The average molecular weight is 446 g/mol. The molecular formula is C25H32FNO5. The summed E-state index contributed by atoms with van der Waals surface area (Å²) in [5.74, 6) is -0.363. The molecule has 1 aromatic heterocycles. The Labute approximate surface area is 188 Å². The lowest BCUT2D eigenvalue weighted by Gasteiger charge is -2.48. The maximum absolute atomic E-state index is 15.6. The van der Waals surface area contributed by atoms with E-state index in [1.54, 1.807) is 17.7 Å². The fourth-order valence-electron chi connectivity index (χ4n) is 4.18. The summed E-state index contributed by atoms with van der Waals surface area (Å²) in [6.07, 6.45) is 2.80. The Hall–Kier alpha value is -2.67. The topological polar surface area (TPSA) is 66.8 Å². The average Bonchev–Trinajstić information content (AvgIpc) is 2.72. The summed E-state index contributed by atoms with van der Waals surface area (Å²) in [5, 5.41) is 0. The number of carbonyl (C=O) groups excluding carboxylic acids is 1. The lowest BCUT2D eigenvalue weighted by molar-refractivity contribution is 0.0996. The van der Waals surface area contributed by atoms with Crippen molar-refractivity contribution in [3.63, 3.8) is 0 Å². The predicted molar refractivity (Wildman–Crippen MR) is 121 cm³/mol. The second-order valence-electron chi connectivity index (χ2n) is 9.52. The molecule has 7 heteroatoms. The molecule has 0 unspecified atom stereocenters. The van der Waals surface area contributed by atoms with Gasteiger partial charge >= 0.3 is 0 Å². The first-order valence-electron chi connectivity index (χ1n) is 10.8. The summed E-state index contributed by atoms with van der Waals surface area (Å²) >= 11 is 0. The fraction of sp³-hybridized carbons (Fsp3) is 0.520. The molecule has 174 valence electrons. The number of ether oxygens (including phenoxy) is 3. The molecule has 6 nitrogen and oxygen atoms in total. The molecule has 0 aliphatic carbocycles. The molecule has 2 aromatic rings. The number of hydrogen-bond donors (Lipinski definition) is 0. The van der Waals surface area contributed by atoms with E-state index in [4.69, 9.17) is 14.2 Å². The predicted octanol–water partition coefficient (Wildman–Crippen LogP) is 4.60. The van der Waals surface area contributed by atoms with Crippen LogP contribution < -0.4 is 14.9 Å². The Balaban J connectivity index is 2.28. The number of rotatable bonds is 7. The number of carbonyl (C=O) groups is 1. The van der Waals surface area contributed by atoms with Crippen LogP contribution in [0.25, 0.3) is 11.3 Å². The van der Waals surface area contributed by atoms with Crippen molar-refractivity contribution in [2.45, 2.75) is 53.0 Å². The van der Waals surface area contributed by atoms with Gasteiger partial charge in [0, 0.05) is 31.9 Å². The number of benzene rings is 1. The van der Waals surface area contributed by atoms with Crippen molar-refractivity contribution < 1.29 is 23.4 Å². The first-order valence-corrected chi connectivity index (χ1v) is 10.8. The summed E-state index contributed by atoms with van der Waals surface area (Å²) < 4.78 is 33.8. The number of nitrogens with zero attached hydrogens (tertiary/aromatic N) is 1. The lowest BCUT2D eigenvalue weighted by Crippen LogP contribution is -2.48. The van der Waals surface area contributed by atoms with Crippen LogP contribution in [-0.2, 0) is 16.7 Å². The summed E-state index contributed by atoms with van der Waals surface area (Å²) in [7, 11) is 3.16. The van der Waals surface area contributed by atoms with E-state index in [9.17, 15) is 9.59 Å². The van der Waals surface area contributed by atoms with Crippen LogP contribution in [0, 0.1) is 11.2 Å². The molecular weight excluding hydrogens is 413 g/mol. The van der Waals surface area contributed by atoms with E-state index < -0.39 is 22.6 Å². The molecule has 0 N–H and O–H groups in total. The molecule has 1 aliphatic heterocycles. The van der Waals surface area contributed by atoms with Gasteiger partial charge in [-0.05, 0) is 43.4 Å². The Kier molecular flexibility index (Phi) is 6.52. The van der Waals surface area contributed by atoms with Crippen LogP contribution in [0.3, 0.4) is 0 Å². The van der Waals surface area contributed by atoms with Crippen molar-refractivity contribution >= 4 is 5.78 Å². The highest BCUT2D eigenvalue weighted by molar-refractivity contribution is 5.94. The smallest absolute Gasteiger partial charge is 0.228 e. The standard InChI is InChI=1S/C25H32FNO5/c1-15(28)18-14-27-22(21(26)23(18)29)17-12-19(31-7)20(32-10-8-9-30-6)11-16(17)13-25(27,5)24(2,3)4/h11-12,14H,8-10,13H2,1-7H3/t25-/m0/s1. The largest absolute Gasteiger partial charge is 0.493 e. The van der Waals surface area contributed by atoms with Crippen molar-refractivity contribution in [1.29, 1.82) is 0 Å². The maximum Gasteiger partial charge on any atom is 0.228 e. The number of halogens is 1. The molecule has 32 heavy (non-hydrogen) atoms. The van der Waals surface area contributed by atoms with Gasteiger partial charge in [0.25, 0.3) is 0 Å². The van der Waals surface area contributed by atoms with Gasteiger partial charge in [0.2, 0.25) is 5.43 Å². The summed E-state index contributed by atoms with van der Waals surface area (Å²) in [6, 6.07) is 3.59. The van der Waals surface area contributed by atoms with Gasteiger partial charge in [0.05, 0.1) is 30.5 Å². The third kappa shape index (κ3) is 3.94. The van der Waals surface area contributed by atoms with Crippen LogP contribution in [0.1, 0.15) is 57.0 Å². The van der Waals surface area contributed by atoms with E-state index in [0.717, 1.165) is 12.0 Å². The molecule has 0 saturated carbocycles. The summed E-state index contributed by atoms with van der Waals surface area (Å²) in [5.41, 5.74) is -0.342. The van der Waals surface area contributed by atoms with Gasteiger partial charge in [-0.3, -0.25) is 9.59 Å². The van der Waals surface area contributed by atoms with Crippen molar-refractivity contribution in [1.82, 2.24) is 4.57 Å². The van der Waals surface area contributed by atoms with Gasteiger partial charge in [-0.15, -0.1) is 0 Å². The summed E-state index contributed by atoms with van der Waals surface area (Å²) in [4.78, 5) is 24.8. The van der Waals surface area contributed by atoms with Crippen LogP contribution in [0.4, 0.5) is 4.39 Å². The van der Waals surface area contributed by atoms with E-state index in [1.807, 2.05) is 13.0 Å². The molecule has 1 atom stereocenters. The van der Waals surface area contributed by atoms with Crippen molar-refractivity contribution in [2.24, 2.45) is 5.41 Å². The SMILES string of the molecule is COCCCOc1cc2c(cc1OC)-c1c(F)c(=O)c(C(C)=O)cn1[C@](C)(C(C)(C)C)C2. The van der Waals surface area contributed by atoms with Gasteiger partial charge < -0.3 is 18.8 Å². The number of Topliss-reactive ketones (excluding diaryl/α,β-unsaturated/α-hetero) is 1. The Morgan fingerprint density at radius 3 is 2.44 bits per heavy atom. The zero-order chi connectivity index (χ0) is 23.8. The highest BCUT2D eigenvalue weighted by Gasteiger charge is 2.45. The number of pyridine rings is 1. The first kappa shape index (κ1) is 24.0. The van der Waals surface area contributed by atoms with Crippen molar-refractivity contribution in [3.8, 4) is 22.8 Å². The van der Waals surface area contributed by atoms with Gasteiger partial charge in [-0.25, -0.2) is 4.39 Å². The van der Waals surface area contributed by atoms with E-state index in [0.29, 0.717) is 36.7 Å². The highest BCUT2D eigenvalue weighted by atomic mass is 19.1. The van der Waals surface area contributed by atoms with E-state index in [-0.39, 0.29) is 16.7 Å². The van der Waals surface area contributed by atoms with E-state index in [2.05, 4.69) is 20.8 Å². The molecule has 3 rings (SSSR count). The third-order valence-electron chi connectivity index (χ3n) is 6.61. The number of fused-ring (bicyclic) bond motifs is 3. The minimum atomic E-state index is -0.926. The molecule has 0 radical (unpaired) electrons. The van der Waals surface area contributed by atoms with Crippen LogP contribution in [0.5, 0.6) is 11.5 Å². The maximum atomic E-state index is 15.6. The van der Waals surface area contributed by atoms with Crippen LogP contribution in [0.15, 0.2) is 23.1 Å². The second kappa shape index (κ2) is 8.70. The monoisotopic (exact) mass is 445 g/mol. The van der Waals surface area contributed by atoms with Crippen LogP contribution in [-0.4, -0.2) is 37.8 Å². The first-order chi connectivity index (χ1) is 15.0. The Morgan fingerprint density at radius 1 is 1.19 bits per heavy atom. The molecule has 0 amide bonds. The Morgan fingerprint density at radius 2 is 1.88 bits per heavy atom. The minimum Gasteiger partial charge on any atom is -0.493 e. The molecule has 0 bridgehead atoms. The van der Waals surface area contributed by atoms with E-state index >= 15 is 4.39 Å². The van der Waals surface area contributed by atoms with Gasteiger partial charge in [-0.1, -0.05) is 20.8 Å². The van der Waals surface area contributed by atoms with Gasteiger partial charge in [-0.2, -0.15) is 0 Å². The zero-order valence-corrected chi connectivity index (χ0v) is 19.9. The minimum absolute atomic E-state index is 0.143. The van der Waals surface area contributed by atoms with Gasteiger partial charge in [0.15, 0.2) is 23.1 Å². The van der Waals surface area contributed by atoms with Crippen LogP contribution >= 0.6 is 0 Å². The molecule has 0 saturated heterocycles. The number of ketones is 1. The number of hydrogen-bond acceptors (Lipinski definition) is 5. The zero-order valence-electron chi connectivity index (χ0n) is 19.9. The summed E-state index contributed by atoms with van der Waals surface area (Å²) in [6.45, 7) is 10.5. The van der Waals surface area contributed by atoms with Crippen molar-refractivity contribution in [2.75, 3.05) is 27.4 Å². The third-order valence-corrected chi connectivity index (χ3v) is 6.61. The van der Waals surface area contributed by atoms with Crippen molar-refractivity contribution in [3.05, 3.63) is 45.5 Å². The molecule has 2 heterocycles. The number of aromatic nitrogens is 1. The number of methoxy groups -OCH3 is 2. The second-order valence-corrected chi connectivity index (χ2v) is 9.52. The molecule has 1 aromatic carbocycles. The molecule has 0 fully saturated rings. The van der Waals surface area contributed by atoms with Crippen LogP contribution in [0.2, 0.25) is 0 Å². The van der Waals surface area contributed by atoms with Gasteiger partial charge in [0.1, 0.15) is 0 Å². The molecule has 0 spiro atoms. The normalized spacial score (nSPS) is 17.5. The Bertz CT molecular complexity index is 1100. The fourth-order valence-corrected chi connectivity index (χ4v) is 4.18. The highest BCUT2D eigenvalue weighted by Crippen LogP contribution is 2.49.